The van der Waals surface area contributed by atoms with Crippen LogP contribution in [0.2, 0.25) is 6.04 Å². The van der Waals surface area contributed by atoms with E-state index in [1.54, 1.807) is 0 Å². The highest BCUT2D eigenvalue weighted by molar-refractivity contribution is 6.60. The minimum Gasteiger partial charge on any atom is -0.400 e. The van der Waals surface area contributed by atoms with Crippen LogP contribution in [0.4, 0.5) is 0 Å². The van der Waals surface area contributed by atoms with Crippen LogP contribution in [0.15, 0.2) is 0 Å². The Morgan fingerprint density at radius 2 is 1.31 bits per heavy atom. The third kappa shape index (κ3) is 8.20. The summed E-state index contributed by atoms with van der Waals surface area (Å²) >= 11 is 0. The van der Waals surface area contributed by atoms with Crippen molar-refractivity contribution in [2.24, 2.45) is 5.73 Å². The van der Waals surface area contributed by atoms with Gasteiger partial charge >= 0.3 is 8.80 Å². The molecule has 0 saturated carbocycles. The lowest BCUT2D eigenvalue weighted by atomic mass is 10.5. The normalized spacial score (nSPS) is 10.9. The molecule has 0 rings (SSSR count). The molecule has 0 aliphatic carbocycles. The van der Waals surface area contributed by atoms with Crippen LogP contribution in [0.3, 0.4) is 0 Å². The first-order valence-corrected chi connectivity index (χ1v) is 7.74. The summed E-state index contributed by atoms with van der Waals surface area (Å²) in [5.74, 6) is 0. The van der Waals surface area contributed by atoms with Crippen LogP contribution in [0.5, 0.6) is 0 Å². The Labute approximate surface area is 100 Å². The summed E-state index contributed by atoms with van der Waals surface area (Å²) in [6.07, 6.45) is 0.895. The standard InChI is InChI=1S/C9H23NO3Si.CH4O/c1-4-11-14(12-5-2,13-6-3)9-7-8-10;1-2/h4-10H2,1-3H3;2H,1H3. The van der Waals surface area contributed by atoms with Crippen molar-refractivity contribution in [2.45, 2.75) is 33.2 Å². The maximum atomic E-state index is 7.00. The van der Waals surface area contributed by atoms with Crippen molar-refractivity contribution in [3.8, 4) is 0 Å². The van der Waals surface area contributed by atoms with E-state index in [1.807, 2.05) is 20.8 Å². The number of hydrogen-bond donors (Lipinski definition) is 2. The van der Waals surface area contributed by atoms with Gasteiger partial charge in [-0.25, -0.2) is 0 Å². The lowest BCUT2D eigenvalue weighted by Gasteiger charge is -2.28. The van der Waals surface area contributed by atoms with Gasteiger partial charge in [0.1, 0.15) is 0 Å². The molecule has 16 heavy (non-hydrogen) atoms. The monoisotopic (exact) mass is 253 g/mol. The van der Waals surface area contributed by atoms with Crippen LogP contribution >= 0.6 is 0 Å². The molecule has 5 nitrogen and oxygen atoms in total. The summed E-state index contributed by atoms with van der Waals surface area (Å²) in [5, 5.41) is 7.00. The highest BCUT2D eigenvalue weighted by Crippen LogP contribution is 2.17. The van der Waals surface area contributed by atoms with Crippen LogP contribution in [-0.4, -0.2) is 47.4 Å². The maximum absolute atomic E-state index is 7.00. The van der Waals surface area contributed by atoms with E-state index in [9.17, 15) is 0 Å². The molecule has 0 saturated heterocycles. The van der Waals surface area contributed by atoms with Crippen molar-refractivity contribution in [3.05, 3.63) is 0 Å². The van der Waals surface area contributed by atoms with Crippen molar-refractivity contribution >= 4 is 8.80 Å². The summed E-state index contributed by atoms with van der Waals surface area (Å²) < 4.78 is 17.0. The van der Waals surface area contributed by atoms with Gasteiger partial charge in [0.05, 0.1) is 0 Å². The number of nitrogens with two attached hydrogens (primary N) is 1. The molecule has 0 spiro atoms. The molecule has 0 unspecified atom stereocenters. The van der Waals surface area contributed by atoms with Gasteiger partial charge in [0.2, 0.25) is 0 Å². The maximum Gasteiger partial charge on any atom is 0.500 e. The Hall–Kier alpha value is 0.0169. The van der Waals surface area contributed by atoms with Gasteiger partial charge in [-0.2, -0.15) is 0 Å². The lowest BCUT2D eigenvalue weighted by molar-refractivity contribution is 0.0710. The molecule has 0 radical (unpaired) electrons. The summed E-state index contributed by atoms with van der Waals surface area (Å²) in [5.41, 5.74) is 5.48. The van der Waals surface area contributed by atoms with E-state index in [0.717, 1.165) is 19.6 Å². The van der Waals surface area contributed by atoms with Crippen molar-refractivity contribution in [3.63, 3.8) is 0 Å². The van der Waals surface area contributed by atoms with Crippen LogP contribution in [-0.2, 0) is 13.3 Å². The minimum absolute atomic E-state index is 0.636. The molecule has 6 heteroatoms. The second-order valence-electron chi connectivity index (χ2n) is 2.87. The van der Waals surface area contributed by atoms with E-state index in [2.05, 4.69) is 0 Å². The Morgan fingerprint density at radius 3 is 1.56 bits per heavy atom. The highest BCUT2D eigenvalue weighted by Gasteiger charge is 2.39. The predicted octanol–water partition coefficient (Wildman–Crippen LogP) is 0.992. The van der Waals surface area contributed by atoms with Crippen molar-refractivity contribution < 1.29 is 18.4 Å². The second kappa shape index (κ2) is 13.1. The van der Waals surface area contributed by atoms with Gasteiger partial charge in [0, 0.05) is 33.0 Å². The summed E-state index contributed by atoms with van der Waals surface area (Å²) in [7, 11) is -1.40. The zero-order chi connectivity index (χ0) is 12.9. The van der Waals surface area contributed by atoms with E-state index >= 15 is 0 Å². The predicted molar refractivity (Wildman–Crippen MR) is 67.3 cm³/mol. The summed E-state index contributed by atoms with van der Waals surface area (Å²) in [4.78, 5) is 0. The molecule has 0 aliphatic rings. The Balaban J connectivity index is 0. The minimum atomic E-state index is -2.40. The van der Waals surface area contributed by atoms with Gasteiger partial charge in [0.15, 0.2) is 0 Å². The Kier molecular flexibility index (Phi) is 15.0. The largest absolute Gasteiger partial charge is 0.500 e. The zero-order valence-electron chi connectivity index (χ0n) is 11.0. The number of hydrogen-bond acceptors (Lipinski definition) is 5. The van der Waals surface area contributed by atoms with Gasteiger partial charge in [0.25, 0.3) is 0 Å². The van der Waals surface area contributed by atoms with Crippen LogP contribution < -0.4 is 5.73 Å². The molecule has 0 atom stereocenters. The van der Waals surface area contributed by atoms with Gasteiger partial charge < -0.3 is 24.1 Å². The van der Waals surface area contributed by atoms with Crippen LogP contribution in [0.25, 0.3) is 0 Å². The van der Waals surface area contributed by atoms with E-state index in [4.69, 9.17) is 24.1 Å². The third-order valence-electron chi connectivity index (χ3n) is 1.78. The Morgan fingerprint density at radius 1 is 0.938 bits per heavy atom. The van der Waals surface area contributed by atoms with Crippen LogP contribution in [0.1, 0.15) is 27.2 Å². The molecule has 0 heterocycles. The molecule has 3 N–H and O–H groups in total. The van der Waals surface area contributed by atoms with E-state index in [1.165, 1.54) is 0 Å². The average molecular weight is 253 g/mol. The topological polar surface area (TPSA) is 73.9 Å². The number of aliphatic hydroxyl groups is 1. The first-order chi connectivity index (χ1) is 7.74. The average Bonchev–Trinajstić information content (AvgIpc) is 2.30. The molecular formula is C10H27NO4Si. The fourth-order valence-electron chi connectivity index (χ4n) is 1.32. The molecule has 0 aromatic carbocycles. The quantitative estimate of drug-likeness (QED) is 0.600. The van der Waals surface area contributed by atoms with E-state index in [0.29, 0.717) is 26.4 Å². The lowest BCUT2D eigenvalue weighted by Crippen LogP contribution is -2.46. The SMILES string of the molecule is CCO[Si](CCCN)(OCC)OCC.CO. The van der Waals surface area contributed by atoms with Gasteiger partial charge in [-0.3, -0.25) is 0 Å². The summed E-state index contributed by atoms with van der Waals surface area (Å²) in [6.45, 7) is 8.44. The van der Waals surface area contributed by atoms with E-state index < -0.39 is 8.80 Å². The van der Waals surface area contributed by atoms with Crippen molar-refractivity contribution in [1.29, 1.82) is 0 Å². The second-order valence-corrected chi connectivity index (χ2v) is 5.61. The van der Waals surface area contributed by atoms with Gasteiger partial charge in [-0.05, 0) is 33.7 Å². The smallest absolute Gasteiger partial charge is 0.400 e. The molecule has 100 valence electrons. The van der Waals surface area contributed by atoms with Gasteiger partial charge in [-0.1, -0.05) is 0 Å². The third-order valence-corrected chi connectivity index (χ3v) is 4.93. The summed E-state index contributed by atoms with van der Waals surface area (Å²) in [6, 6.07) is 0.818. The molecule has 0 fully saturated rings. The van der Waals surface area contributed by atoms with Crippen LogP contribution in [0, 0.1) is 0 Å². The first-order valence-electron chi connectivity index (χ1n) is 5.81. The first kappa shape index (κ1) is 18.4. The fourth-order valence-corrected chi connectivity index (χ4v) is 3.96. The fraction of sp³-hybridized carbons (Fsp3) is 1.00. The highest BCUT2D eigenvalue weighted by atomic mass is 28.4. The molecular weight excluding hydrogens is 226 g/mol. The Bertz CT molecular complexity index is 121. The van der Waals surface area contributed by atoms with Crippen molar-refractivity contribution in [2.75, 3.05) is 33.5 Å². The molecule has 0 aromatic rings. The van der Waals surface area contributed by atoms with Gasteiger partial charge in [-0.15, -0.1) is 0 Å². The molecule has 0 aromatic heterocycles. The van der Waals surface area contributed by atoms with E-state index in [-0.39, 0.29) is 0 Å². The molecule has 0 aliphatic heterocycles. The number of rotatable bonds is 9. The zero-order valence-corrected chi connectivity index (χ0v) is 12.0. The molecule has 0 bridgehead atoms. The molecule has 0 amide bonds. The number of aliphatic hydroxyl groups excluding tert-OH is 1. The van der Waals surface area contributed by atoms with Crippen molar-refractivity contribution in [1.82, 2.24) is 0 Å².